The molecule has 2 aromatic rings. The van der Waals surface area contributed by atoms with Gasteiger partial charge in [0.1, 0.15) is 5.82 Å². The molecule has 1 N–H and O–H groups in total. The number of nitrogens with zero attached hydrogens (tertiary/aromatic N) is 1. The molecule has 0 aromatic carbocycles. The molecular formula is C10H6BrClN2O2. The van der Waals surface area contributed by atoms with Crippen molar-refractivity contribution in [2.24, 2.45) is 0 Å². The zero-order valence-electron chi connectivity index (χ0n) is 7.91. The van der Waals surface area contributed by atoms with Crippen LogP contribution in [0.25, 0.3) is 0 Å². The molecule has 0 aliphatic carbocycles. The van der Waals surface area contributed by atoms with Crippen molar-refractivity contribution in [2.45, 2.75) is 0 Å². The minimum Gasteiger partial charge on any atom is -0.444 e. The molecule has 4 nitrogen and oxygen atoms in total. The van der Waals surface area contributed by atoms with Gasteiger partial charge in [-0.3, -0.25) is 4.79 Å². The van der Waals surface area contributed by atoms with Crippen LogP contribution in [0.1, 0.15) is 10.6 Å². The molecule has 16 heavy (non-hydrogen) atoms. The van der Waals surface area contributed by atoms with Crippen molar-refractivity contribution >= 4 is 39.3 Å². The standard InChI is InChI=1S/C10H6BrClN2O2/c11-8-3-2-7(16-8)10(15)14-9-4-1-6(12)5-13-9/h1-5H,(H,13,14,15). The number of halogens is 2. The fraction of sp³-hybridized carbons (Fsp3) is 0. The smallest absolute Gasteiger partial charge is 0.292 e. The zero-order valence-corrected chi connectivity index (χ0v) is 10.2. The lowest BCUT2D eigenvalue weighted by atomic mass is 10.4. The molecule has 0 radical (unpaired) electrons. The predicted octanol–water partition coefficient (Wildman–Crippen LogP) is 3.34. The van der Waals surface area contributed by atoms with Crippen molar-refractivity contribution in [2.75, 3.05) is 5.32 Å². The van der Waals surface area contributed by atoms with Gasteiger partial charge >= 0.3 is 0 Å². The molecule has 2 aromatic heterocycles. The Kier molecular flexibility index (Phi) is 3.26. The molecule has 6 heteroatoms. The summed E-state index contributed by atoms with van der Waals surface area (Å²) in [6, 6.07) is 6.46. The van der Waals surface area contributed by atoms with Crippen LogP contribution in [0.15, 0.2) is 39.5 Å². The Hall–Kier alpha value is -1.33. The highest BCUT2D eigenvalue weighted by molar-refractivity contribution is 9.10. The Balaban J connectivity index is 2.10. The van der Waals surface area contributed by atoms with Gasteiger partial charge in [0, 0.05) is 6.20 Å². The van der Waals surface area contributed by atoms with E-state index in [1.54, 1.807) is 24.3 Å². The van der Waals surface area contributed by atoms with Gasteiger partial charge < -0.3 is 9.73 Å². The van der Waals surface area contributed by atoms with Crippen LogP contribution < -0.4 is 5.32 Å². The van der Waals surface area contributed by atoms with E-state index in [4.69, 9.17) is 16.0 Å². The summed E-state index contributed by atoms with van der Waals surface area (Å²) >= 11 is 8.78. The van der Waals surface area contributed by atoms with E-state index in [1.165, 1.54) is 6.20 Å². The maximum absolute atomic E-state index is 11.6. The number of furan rings is 1. The van der Waals surface area contributed by atoms with E-state index >= 15 is 0 Å². The number of rotatable bonds is 2. The van der Waals surface area contributed by atoms with Crippen molar-refractivity contribution < 1.29 is 9.21 Å². The molecule has 0 bridgehead atoms. The molecule has 0 fully saturated rings. The number of nitrogens with one attached hydrogen (secondary N) is 1. The number of pyridine rings is 1. The van der Waals surface area contributed by atoms with Crippen LogP contribution in [-0.4, -0.2) is 10.9 Å². The summed E-state index contributed by atoms with van der Waals surface area (Å²) in [5.74, 6) is 0.270. The number of carbonyl (C=O) groups excluding carboxylic acids is 1. The van der Waals surface area contributed by atoms with Crippen LogP contribution in [0.4, 0.5) is 5.82 Å². The summed E-state index contributed by atoms with van der Waals surface area (Å²) in [5.41, 5.74) is 0. The minimum absolute atomic E-state index is 0.212. The van der Waals surface area contributed by atoms with Crippen molar-refractivity contribution in [3.05, 3.63) is 45.9 Å². The molecule has 0 aliphatic rings. The first kappa shape index (κ1) is 11.2. The van der Waals surface area contributed by atoms with Gasteiger partial charge in [0.25, 0.3) is 5.91 Å². The van der Waals surface area contributed by atoms with E-state index in [9.17, 15) is 4.79 Å². The summed E-state index contributed by atoms with van der Waals surface area (Å²) in [6.07, 6.45) is 1.45. The van der Waals surface area contributed by atoms with E-state index in [1.807, 2.05) is 0 Å². The molecule has 0 saturated carbocycles. The lowest BCUT2D eigenvalue weighted by molar-refractivity contribution is 0.0995. The third-order valence-electron chi connectivity index (χ3n) is 1.77. The van der Waals surface area contributed by atoms with Crippen LogP contribution >= 0.6 is 27.5 Å². The van der Waals surface area contributed by atoms with Crippen molar-refractivity contribution in [3.8, 4) is 0 Å². The van der Waals surface area contributed by atoms with Gasteiger partial charge in [0.05, 0.1) is 5.02 Å². The summed E-state index contributed by atoms with van der Waals surface area (Å²) in [6.45, 7) is 0. The summed E-state index contributed by atoms with van der Waals surface area (Å²) in [4.78, 5) is 15.5. The Bertz CT molecular complexity index is 510. The topological polar surface area (TPSA) is 55.1 Å². The molecule has 0 unspecified atom stereocenters. The molecule has 0 spiro atoms. The third-order valence-corrected chi connectivity index (χ3v) is 2.42. The number of aromatic nitrogens is 1. The van der Waals surface area contributed by atoms with Gasteiger partial charge in [-0.05, 0) is 40.2 Å². The molecule has 2 heterocycles. The molecule has 0 atom stereocenters. The summed E-state index contributed by atoms with van der Waals surface area (Å²) in [7, 11) is 0. The van der Waals surface area contributed by atoms with Crippen LogP contribution in [0, 0.1) is 0 Å². The van der Waals surface area contributed by atoms with Gasteiger partial charge in [0.15, 0.2) is 10.4 Å². The largest absolute Gasteiger partial charge is 0.444 e. The highest BCUT2D eigenvalue weighted by atomic mass is 79.9. The minimum atomic E-state index is -0.361. The lowest BCUT2D eigenvalue weighted by Crippen LogP contribution is -2.11. The van der Waals surface area contributed by atoms with E-state index in [2.05, 4.69) is 26.2 Å². The van der Waals surface area contributed by atoms with Crippen LogP contribution in [0.5, 0.6) is 0 Å². The second-order valence-electron chi connectivity index (χ2n) is 2.92. The average Bonchev–Trinajstić information content (AvgIpc) is 2.68. The third kappa shape index (κ3) is 2.62. The second-order valence-corrected chi connectivity index (χ2v) is 4.14. The summed E-state index contributed by atoms with van der Waals surface area (Å²) in [5, 5.41) is 3.09. The predicted molar refractivity (Wildman–Crippen MR) is 63.6 cm³/mol. The second kappa shape index (κ2) is 4.67. The monoisotopic (exact) mass is 300 g/mol. The van der Waals surface area contributed by atoms with Crippen molar-refractivity contribution in [3.63, 3.8) is 0 Å². The number of carbonyl (C=O) groups is 1. The first-order chi connectivity index (χ1) is 7.65. The number of amides is 1. The highest BCUT2D eigenvalue weighted by Gasteiger charge is 2.10. The molecule has 2 rings (SSSR count). The van der Waals surface area contributed by atoms with Gasteiger partial charge in [-0.2, -0.15) is 0 Å². The average molecular weight is 302 g/mol. The first-order valence-electron chi connectivity index (χ1n) is 4.33. The van der Waals surface area contributed by atoms with Crippen LogP contribution in [-0.2, 0) is 0 Å². The Labute approximate surface area is 105 Å². The van der Waals surface area contributed by atoms with Crippen molar-refractivity contribution in [1.82, 2.24) is 4.98 Å². The molecule has 1 amide bonds. The van der Waals surface area contributed by atoms with Gasteiger partial charge in [0.2, 0.25) is 0 Å². The number of hydrogen-bond acceptors (Lipinski definition) is 3. The Morgan fingerprint density at radius 2 is 2.19 bits per heavy atom. The molecule has 0 saturated heterocycles. The van der Waals surface area contributed by atoms with E-state index < -0.39 is 0 Å². The fourth-order valence-electron chi connectivity index (χ4n) is 1.06. The van der Waals surface area contributed by atoms with Crippen LogP contribution in [0.3, 0.4) is 0 Å². The SMILES string of the molecule is O=C(Nc1ccc(Cl)cn1)c1ccc(Br)o1. The van der Waals surface area contributed by atoms with Crippen LogP contribution in [0.2, 0.25) is 5.02 Å². The number of hydrogen-bond donors (Lipinski definition) is 1. The molecule has 82 valence electrons. The van der Waals surface area contributed by atoms with Crippen molar-refractivity contribution in [1.29, 1.82) is 0 Å². The first-order valence-corrected chi connectivity index (χ1v) is 5.50. The highest BCUT2D eigenvalue weighted by Crippen LogP contribution is 2.16. The van der Waals surface area contributed by atoms with E-state index in [0.29, 0.717) is 15.5 Å². The maximum Gasteiger partial charge on any atom is 0.292 e. The normalized spacial score (nSPS) is 10.1. The maximum atomic E-state index is 11.6. The van der Waals surface area contributed by atoms with Gasteiger partial charge in [-0.25, -0.2) is 4.98 Å². The quantitative estimate of drug-likeness (QED) is 0.925. The van der Waals surface area contributed by atoms with Gasteiger partial charge in [-0.1, -0.05) is 11.6 Å². The zero-order chi connectivity index (χ0) is 11.5. The molecule has 0 aliphatic heterocycles. The Morgan fingerprint density at radius 1 is 1.38 bits per heavy atom. The fourth-order valence-corrected chi connectivity index (χ4v) is 1.48. The van der Waals surface area contributed by atoms with E-state index in [-0.39, 0.29) is 11.7 Å². The summed E-state index contributed by atoms with van der Waals surface area (Å²) < 4.78 is 5.59. The lowest BCUT2D eigenvalue weighted by Gasteiger charge is -2.01. The molecular weight excluding hydrogens is 295 g/mol. The number of anilines is 1. The Morgan fingerprint density at radius 3 is 2.75 bits per heavy atom. The van der Waals surface area contributed by atoms with E-state index in [0.717, 1.165) is 0 Å². The van der Waals surface area contributed by atoms with Gasteiger partial charge in [-0.15, -0.1) is 0 Å².